The number of carbonyl (C=O) groups excluding carboxylic acids is 1. The summed E-state index contributed by atoms with van der Waals surface area (Å²) < 4.78 is 5.82. The van der Waals surface area contributed by atoms with Crippen LogP contribution in [-0.4, -0.2) is 17.8 Å². The molecule has 1 N–H and O–H groups in total. The number of hydrogen-bond acceptors (Lipinski definition) is 2. The molecule has 0 saturated heterocycles. The first kappa shape index (κ1) is 12.7. The van der Waals surface area contributed by atoms with Crippen LogP contribution < -0.4 is 10.1 Å². The largest absolute Gasteiger partial charge is 0.489 e. The lowest BCUT2D eigenvalue weighted by Crippen LogP contribution is -2.17. The number of allylic oxidation sites excluding steroid dienone is 3. The number of nitrogens with one attached hydrogen (secondary N) is 1. The highest BCUT2D eigenvalue weighted by Gasteiger charge is 2.27. The molecule has 4 rings (SSSR count). The second-order valence-corrected chi connectivity index (χ2v) is 5.75. The highest BCUT2D eigenvalue weighted by molar-refractivity contribution is 6.33. The molecule has 0 radical (unpaired) electrons. The Morgan fingerprint density at radius 2 is 2.19 bits per heavy atom. The maximum absolute atomic E-state index is 11.3. The summed E-state index contributed by atoms with van der Waals surface area (Å²) >= 11 is 6.48. The molecule has 1 fully saturated rings. The van der Waals surface area contributed by atoms with Crippen LogP contribution in [0.4, 0.5) is 4.79 Å². The van der Waals surface area contributed by atoms with Crippen molar-refractivity contribution in [1.82, 2.24) is 5.32 Å². The SMILES string of the molecule is O=C1N=C2C=CC(c3cccc(OC4CC4)c3Cl)C=C2N1. The van der Waals surface area contributed by atoms with Crippen molar-refractivity contribution < 1.29 is 9.53 Å². The summed E-state index contributed by atoms with van der Waals surface area (Å²) in [7, 11) is 0. The van der Waals surface area contributed by atoms with Gasteiger partial charge in [-0.15, -0.1) is 0 Å². The number of aliphatic imine (C=N–C) groups is 1. The predicted octanol–water partition coefficient (Wildman–Crippen LogP) is 3.58. The van der Waals surface area contributed by atoms with E-state index in [1.807, 2.05) is 36.4 Å². The summed E-state index contributed by atoms with van der Waals surface area (Å²) in [4.78, 5) is 15.2. The van der Waals surface area contributed by atoms with Gasteiger partial charge < -0.3 is 10.1 Å². The molecule has 0 bridgehead atoms. The Morgan fingerprint density at radius 3 is 3.00 bits per heavy atom. The molecule has 2 aliphatic carbocycles. The van der Waals surface area contributed by atoms with Gasteiger partial charge in [0, 0.05) is 5.92 Å². The molecule has 2 amide bonds. The van der Waals surface area contributed by atoms with Gasteiger partial charge in [-0.2, -0.15) is 4.99 Å². The van der Waals surface area contributed by atoms with E-state index >= 15 is 0 Å². The van der Waals surface area contributed by atoms with Crippen LogP contribution in [0.1, 0.15) is 24.3 Å². The number of hydrogen-bond donors (Lipinski definition) is 1. The van der Waals surface area contributed by atoms with Crippen molar-refractivity contribution in [2.75, 3.05) is 0 Å². The minimum absolute atomic E-state index is 0.00704. The summed E-state index contributed by atoms with van der Waals surface area (Å²) in [6, 6.07) is 5.50. The molecule has 1 atom stereocenters. The molecule has 1 aliphatic heterocycles. The molecular weight excluding hydrogens is 288 g/mol. The molecule has 1 saturated carbocycles. The minimum Gasteiger partial charge on any atom is -0.489 e. The summed E-state index contributed by atoms with van der Waals surface area (Å²) in [5.74, 6) is 0.742. The van der Waals surface area contributed by atoms with Crippen molar-refractivity contribution >= 4 is 23.3 Å². The van der Waals surface area contributed by atoms with E-state index in [4.69, 9.17) is 16.3 Å². The molecule has 0 aromatic heterocycles. The smallest absolute Gasteiger partial charge is 0.346 e. The van der Waals surface area contributed by atoms with Crippen LogP contribution in [-0.2, 0) is 0 Å². The second-order valence-electron chi connectivity index (χ2n) is 5.37. The van der Waals surface area contributed by atoms with Crippen LogP contribution in [0.25, 0.3) is 0 Å². The third kappa shape index (κ3) is 2.36. The summed E-state index contributed by atoms with van der Waals surface area (Å²) in [6.07, 6.45) is 8.31. The number of ether oxygens (including phenoxy) is 1. The van der Waals surface area contributed by atoms with E-state index in [0.29, 0.717) is 16.8 Å². The number of halogens is 1. The van der Waals surface area contributed by atoms with E-state index in [-0.39, 0.29) is 11.9 Å². The summed E-state index contributed by atoms with van der Waals surface area (Å²) in [5, 5.41) is 3.36. The van der Waals surface area contributed by atoms with Gasteiger partial charge in [-0.3, -0.25) is 0 Å². The number of urea groups is 1. The first-order valence-electron chi connectivity index (χ1n) is 6.96. The lowest BCUT2D eigenvalue weighted by Gasteiger charge is -2.17. The monoisotopic (exact) mass is 300 g/mol. The van der Waals surface area contributed by atoms with Gasteiger partial charge in [0.2, 0.25) is 0 Å². The van der Waals surface area contributed by atoms with Crippen molar-refractivity contribution in [1.29, 1.82) is 0 Å². The number of benzene rings is 1. The molecule has 1 aromatic carbocycles. The highest BCUT2D eigenvalue weighted by atomic mass is 35.5. The van der Waals surface area contributed by atoms with Gasteiger partial charge in [0.25, 0.3) is 0 Å². The first-order valence-corrected chi connectivity index (χ1v) is 7.33. The van der Waals surface area contributed by atoms with Crippen molar-refractivity contribution in [2.45, 2.75) is 24.9 Å². The van der Waals surface area contributed by atoms with Gasteiger partial charge in [-0.25, -0.2) is 4.79 Å². The molecule has 3 aliphatic rings. The van der Waals surface area contributed by atoms with Gasteiger partial charge in [0.05, 0.1) is 22.5 Å². The molecule has 0 spiro atoms. The van der Waals surface area contributed by atoms with Crippen molar-refractivity contribution in [2.24, 2.45) is 4.99 Å². The molecule has 1 aromatic rings. The lowest BCUT2D eigenvalue weighted by molar-refractivity contribution is 0.253. The fourth-order valence-corrected chi connectivity index (χ4v) is 2.79. The quantitative estimate of drug-likeness (QED) is 0.927. The average molecular weight is 301 g/mol. The Hall–Kier alpha value is -2.07. The second kappa shape index (κ2) is 4.74. The lowest BCUT2D eigenvalue weighted by atomic mass is 9.92. The van der Waals surface area contributed by atoms with Gasteiger partial charge >= 0.3 is 6.03 Å². The number of nitrogens with zero attached hydrogens (tertiary/aromatic N) is 1. The van der Waals surface area contributed by atoms with Crippen molar-refractivity contribution in [3.63, 3.8) is 0 Å². The third-order valence-electron chi connectivity index (χ3n) is 3.72. The van der Waals surface area contributed by atoms with E-state index < -0.39 is 0 Å². The van der Waals surface area contributed by atoms with Gasteiger partial charge in [-0.05, 0) is 36.6 Å². The average Bonchev–Trinajstić information content (AvgIpc) is 3.20. The third-order valence-corrected chi connectivity index (χ3v) is 4.12. The van der Waals surface area contributed by atoms with E-state index in [0.717, 1.165) is 29.9 Å². The van der Waals surface area contributed by atoms with Crippen molar-refractivity contribution in [3.8, 4) is 5.75 Å². The Bertz CT molecular complexity index is 717. The van der Waals surface area contributed by atoms with Gasteiger partial charge in [-0.1, -0.05) is 29.8 Å². The number of fused-ring (bicyclic) bond motifs is 1. The molecule has 1 unspecified atom stereocenters. The molecular formula is C16H13ClN2O2. The van der Waals surface area contributed by atoms with E-state index in [1.54, 1.807) is 0 Å². The standard InChI is InChI=1S/C16H13ClN2O2/c17-15-11(2-1-3-14(15)21-10-5-6-10)9-4-7-12-13(8-9)19-16(20)18-12/h1-4,7-10H,5-6H2,(H,19,20). The fraction of sp³-hybridized carbons (Fsp3) is 0.250. The zero-order valence-electron chi connectivity index (χ0n) is 11.2. The van der Waals surface area contributed by atoms with Crippen LogP contribution in [0.15, 0.2) is 47.1 Å². The molecule has 5 heteroatoms. The fourth-order valence-electron chi connectivity index (χ4n) is 2.50. The number of carbonyl (C=O) groups is 1. The summed E-state index contributed by atoms with van der Waals surface area (Å²) in [6.45, 7) is 0. The Labute approximate surface area is 127 Å². The minimum atomic E-state index is -0.321. The van der Waals surface area contributed by atoms with E-state index in [1.165, 1.54) is 0 Å². The van der Waals surface area contributed by atoms with Crippen LogP contribution in [0, 0.1) is 0 Å². The van der Waals surface area contributed by atoms with Crippen LogP contribution in [0.5, 0.6) is 5.75 Å². The maximum atomic E-state index is 11.3. The maximum Gasteiger partial charge on any atom is 0.346 e. The molecule has 4 nitrogen and oxygen atoms in total. The van der Waals surface area contributed by atoms with Crippen LogP contribution in [0.3, 0.4) is 0 Å². The summed E-state index contributed by atoms with van der Waals surface area (Å²) in [5.41, 5.74) is 2.40. The molecule has 1 heterocycles. The van der Waals surface area contributed by atoms with E-state index in [9.17, 15) is 4.79 Å². The van der Waals surface area contributed by atoms with E-state index in [2.05, 4.69) is 10.3 Å². The Morgan fingerprint density at radius 1 is 1.33 bits per heavy atom. The topological polar surface area (TPSA) is 50.7 Å². The van der Waals surface area contributed by atoms with Gasteiger partial charge in [0.1, 0.15) is 5.75 Å². The van der Waals surface area contributed by atoms with Crippen LogP contribution >= 0.6 is 11.6 Å². The van der Waals surface area contributed by atoms with Crippen LogP contribution in [0.2, 0.25) is 5.02 Å². The zero-order valence-corrected chi connectivity index (χ0v) is 11.9. The molecule has 106 valence electrons. The first-order chi connectivity index (χ1) is 10.2. The normalized spacial score (nSPS) is 23.3. The number of amides is 2. The van der Waals surface area contributed by atoms with Crippen molar-refractivity contribution in [3.05, 3.63) is 52.7 Å². The number of rotatable bonds is 3. The highest BCUT2D eigenvalue weighted by Crippen LogP contribution is 2.38. The molecule has 21 heavy (non-hydrogen) atoms. The Kier molecular flexibility index (Phi) is 2.86. The zero-order chi connectivity index (χ0) is 14.4. The van der Waals surface area contributed by atoms with Gasteiger partial charge in [0.15, 0.2) is 0 Å². The Balaban J connectivity index is 1.66. The predicted molar refractivity (Wildman–Crippen MR) is 81.0 cm³/mol.